The number of nitrogens with zero attached hydrogens (tertiary/aromatic N) is 3. The molecule has 1 saturated heterocycles. The van der Waals surface area contributed by atoms with Crippen molar-refractivity contribution in [1.29, 1.82) is 0 Å². The van der Waals surface area contributed by atoms with E-state index in [1.54, 1.807) is 0 Å². The molecule has 0 bridgehead atoms. The Balaban J connectivity index is 1.53. The highest BCUT2D eigenvalue weighted by Crippen LogP contribution is 2.34. The molecule has 1 aliphatic rings. The summed E-state index contributed by atoms with van der Waals surface area (Å²) in [7, 11) is 1.40. The molecule has 7 nitrogen and oxygen atoms in total. The molecule has 0 aliphatic carbocycles. The van der Waals surface area contributed by atoms with Crippen LogP contribution in [0.5, 0.6) is 0 Å². The van der Waals surface area contributed by atoms with Gasteiger partial charge in [-0.3, -0.25) is 4.90 Å². The predicted octanol–water partition coefficient (Wildman–Crippen LogP) is 3.93. The average Bonchev–Trinajstić information content (AvgIpc) is 3.08. The van der Waals surface area contributed by atoms with Crippen molar-refractivity contribution in [3.8, 4) is 0 Å². The maximum Gasteiger partial charge on any atom is 0.348 e. The number of carbonyl (C=O) groups excluding carboxylic acids is 1. The van der Waals surface area contributed by atoms with Gasteiger partial charge >= 0.3 is 5.97 Å². The second-order valence-electron chi connectivity index (χ2n) is 7.94. The number of aryl methyl sites for hydroxylation is 2. The van der Waals surface area contributed by atoms with Gasteiger partial charge in [0.05, 0.1) is 25.2 Å². The number of morpholine rings is 1. The van der Waals surface area contributed by atoms with E-state index in [0.29, 0.717) is 17.2 Å². The molecule has 31 heavy (non-hydrogen) atoms. The first kappa shape index (κ1) is 21.7. The molecule has 1 N–H and O–H groups in total. The van der Waals surface area contributed by atoms with Crippen LogP contribution in [0.1, 0.15) is 39.1 Å². The van der Waals surface area contributed by atoms with E-state index in [-0.39, 0.29) is 12.1 Å². The fourth-order valence-corrected chi connectivity index (χ4v) is 5.12. The zero-order chi connectivity index (χ0) is 22.0. The van der Waals surface area contributed by atoms with Gasteiger partial charge in [0.1, 0.15) is 21.3 Å². The van der Waals surface area contributed by atoms with Gasteiger partial charge in [0, 0.05) is 26.2 Å². The van der Waals surface area contributed by atoms with Crippen LogP contribution in [0.3, 0.4) is 0 Å². The lowest BCUT2D eigenvalue weighted by Crippen LogP contribution is -2.40. The highest BCUT2D eigenvalue weighted by atomic mass is 32.1. The number of aromatic nitrogens is 2. The molecule has 0 radical (unpaired) electrons. The zero-order valence-corrected chi connectivity index (χ0v) is 19.2. The van der Waals surface area contributed by atoms with Gasteiger partial charge in [0.25, 0.3) is 0 Å². The van der Waals surface area contributed by atoms with Crippen molar-refractivity contribution >= 4 is 33.3 Å². The number of hydrogen-bond donors (Lipinski definition) is 1. The van der Waals surface area contributed by atoms with Crippen LogP contribution in [-0.2, 0) is 22.6 Å². The lowest BCUT2D eigenvalue weighted by atomic mass is 10.1. The van der Waals surface area contributed by atoms with Gasteiger partial charge in [-0.2, -0.15) is 0 Å². The molecule has 1 fully saturated rings. The maximum absolute atomic E-state index is 12.1. The van der Waals surface area contributed by atoms with E-state index in [2.05, 4.69) is 51.4 Å². The third-order valence-corrected chi connectivity index (χ3v) is 6.62. The fourth-order valence-electron chi connectivity index (χ4n) is 3.98. The van der Waals surface area contributed by atoms with Crippen LogP contribution in [0.25, 0.3) is 10.2 Å². The smallest absolute Gasteiger partial charge is 0.348 e. The number of anilines is 1. The molecule has 3 aromatic rings. The Labute approximate surface area is 186 Å². The van der Waals surface area contributed by atoms with Gasteiger partial charge < -0.3 is 14.8 Å². The standard InChI is InChI=1S/C23H28N4O3S/c1-14-12-27(8-9-30-14)13-18-7-5-6-17(10-18)11-24-21-19-15(2)20(23(28)29-4)31-22(19)26-16(3)25-21/h5-7,10,14H,8-9,11-13H2,1-4H3,(H,24,25,26). The summed E-state index contributed by atoms with van der Waals surface area (Å²) >= 11 is 1.35. The van der Waals surface area contributed by atoms with Crippen molar-refractivity contribution in [2.24, 2.45) is 0 Å². The van der Waals surface area contributed by atoms with Crippen molar-refractivity contribution in [1.82, 2.24) is 14.9 Å². The summed E-state index contributed by atoms with van der Waals surface area (Å²) in [5, 5.41) is 4.35. The number of thiophene rings is 1. The summed E-state index contributed by atoms with van der Waals surface area (Å²) in [5.41, 5.74) is 3.32. The van der Waals surface area contributed by atoms with Crippen LogP contribution in [0.15, 0.2) is 24.3 Å². The Morgan fingerprint density at radius 2 is 2.13 bits per heavy atom. The van der Waals surface area contributed by atoms with Crippen LogP contribution in [0.4, 0.5) is 5.82 Å². The number of methoxy groups -OCH3 is 1. The number of rotatable bonds is 6. The quantitative estimate of drug-likeness (QED) is 0.582. The fraction of sp³-hybridized carbons (Fsp3) is 0.435. The summed E-state index contributed by atoms with van der Waals surface area (Å²) in [6.45, 7) is 10.2. The zero-order valence-electron chi connectivity index (χ0n) is 18.4. The van der Waals surface area contributed by atoms with E-state index in [9.17, 15) is 4.79 Å². The molecule has 8 heteroatoms. The number of hydrogen-bond acceptors (Lipinski definition) is 8. The molecule has 3 heterocycles. The highest BCUT2D eigenvalue weighted by molar-refractivity contribution is 7.20. The van der Waals surface area contributed by atoms with Crippen LogP contribution in [-0.4, -0.2) is 53.7 Å². The molecule has 4 rings (SSSR count). The largest absolute Gasteiger partial charge is 0.465 e. The summed E-state index contributed by atoms with van der Waals surface area (Å²) in [5.74, 6) is 1.08. The number of carbonyl (C=O) groups is 1. The molecule has 0 amide bonds. The van der Waals surface area contributed by atoms with E-state index in [1.165, 1.54) is 29.6 Å². The second-order valence-corrected chi connectivity index (χ2v) is 8.94. The molecule has 1 aromatic carbocycles. The molecule has 1 atom stereocenters. The van der Waals surface area contributed by atoms with Crippen molar-refractivity contribution in [3.05, 3.63) is 51.7 Å². The number of esters is 1. The lowest BCUT2D eigenvalue weighted by Gasteiger charge is -2.31. The number of benzene rings is 1. The molecule has 164 valence electrons. The summed E-state index contributed by atoms with van der Waals surface area (Å²) < 4.78 is 10.6. The van der Waals surface area contributed by atoms with Crippen molar-refractivity contribution < 1.29 is 14.3 Å². The van der Waals surface area contributed by atoms with Gasteiger partial charge in [-0.1, -0.05) is 24.3 Å². The minimum Gasteiger partial charge on any atom is -0.465 e. The molecular formula is C23H28N4O3S. The average molecular weight is 441 g/mol. The summed E-state index contributed by atoms with van der Waals surface area (Å²) in [6, 6.07) is 8.62. The minimum absolute atomic E-state index is 0.283. The summed E-state index contributed by atoms with van der Waals surface area (Å²) in [4.78, 5) is 25.0. The van der Waals surface area contributed by atoms with Crippen LogP contribution in [0.2, 0.25) is 0 Å². The first-order valence-electron chi connectivity index (χ1n) is 10.5. The van der Waals surface area contributed by atoms with Gasteiger partial charge in [0.2, 0.25) is 0 Å². The first-order chi connectivity index (χ1) is 14.9. The van der Waals surface area contributed by atoms with E-state index in [1.807, 2.05) is 13.8 Å². The molecular weight excluding hydrogens is 412 g/mol. The Bertz CT molecular complexity index is 1100. The third kappa shape index (κ3) is 4.87. The van der Waals surface area contributed by atoms with E-state index >= 15 is 0 Å². The second kappa shape index (κ2) is 9.30. The van der Waals surface area contributed by atoms with E-state index < -0.39 is 0 Å². The summed E-state index contributed by atoms with van der Waals surface area (Å²) in [6.07, 6.45) is 0.283. The Morgan fingerprint density at radius 1 is 1.32 bits per heavy atom. The van der Waals surface area contributed by atoms with E-state index in [0.717, 1.165) is 47.8 Å². The topological polar surface area (TPSA) is 76.6 Å². The van der Waals surface area contributed by atoms with E-state index in [4.69, 9.17) is 9.47 Å². The lowest BCUT2D eigenvalue weighted by molar-refractivity contribution is -0.0212. The van der Waals surface area contributed by atoms with Crippen LogP contribution < -0.4 is 5.32 Å². The molecule has 1 unspecified atom stereocenters. The molecule has 0 spiro atoms. The van der Waals surface area contributed by atoms with Gasteiger partial charge in [0.15, 0.2) is 0 Å². The minimum atomic E-state index is -0.339. The highest BCUT2D eigenvalue weighted by Gasteiger charge is 2.20. The third-order valence-electron chi connectivity index (χ3n) is 5.46. The van der Waals surface area contributed by atoms with Crippen molar-refractivity contribution in [2.45, 2.75) is 40.0 Å². The van der Waals surface area contributed by atoms with Gasteiger partial charge in [-0.15, -0.1) is 11.3 Å². The Morgan fingerprint density at radius 3 is 2.90 bits per heavy atom. The monoisotopic (exact) mass is 440 g/mol. The van der Waals surface area contributed by atoms with Crippen LogP contribution >= 0.6 is 11.3 Å². The number of nitrogens with one attached hydrogen (secondary N) is 1. The maximum atomic E-state index is 12.1. The normalized spacial score (nSPS) is 17.1. The number of fused-ring (bicyclic) bond motifs is 1. The van der Waals surface area contributed by atoms with Crippen LogP contribution in [0, 0.1) is 13.8 Å². The predicted molar refractivity (Wildman–Crippen MR) is 123 cm³/mol. The Kier molecular flexibility index (Phi) is 6.50. The van der Waals surface area contributed by atoms with Gasteiger partial charge in [-0.25, -0.2) is 14.8 Å². The van der Waals surface area contributed by atoms with Gasteiger partial charge in [-0.05, 0) is 37.5 Å². The number of ether oxygens (including phenoxy) is 2. The van der Waals surface area contributed by atoms with Crippen molar-refractivity contribution in [3.63, 3.8) is 0 Å². The first-order valence-corrected chi connectivity index (χ1v) is 11.3. The molecule has 0 saturated carbocycles. The Hall–Kier alpha value is -2.55. The molecule has 1 aliphatic heterocycles. The van der Waals surface area contributed by atoms with Crippen molar-refractivity contribution in [2.75, 3.05) is 32.1 Å². The SMILES string of the molecule is COC(=O)c1sc2nc(C)nc(NCc3cccc(CN4CCOC(C)C4)c3)c2c1C. The molecule has 2 aromatic heterocycles.